The molecule has 19 heavy (non-hydrogen) atoms. The van der Waals surface area contributed by atoms with Crippen LogP contribution in [0.15, 0.2) is 12.1 Å². The van der Waals surface area contributed by atoms with Crippen molar-refractivity contribution in [2.75, 3.05) is 12.3 Å². The Labute approximate surface area is 111 Å². The summed E-state index contributed by atoms with van der Waals surface area (Å²) >= 11 is 0. The molecule has 106 valence electrons. The molecule has 0 aliphatic rings. The molecular formula is C14H19F2NO2. The van der Waals surface area contributed by atoms with Crippen LogP contribution in [0.4, 0.5) is 14.5 Å². The quantitative estimate of drug-likeness (QED) is 0.467. The number of rotatable bonds is 7. The van der Waals surface area contributed by atoms with E-state index in [1.54, 1.807) is 0 Å². The van der Waals surface area contributed by atoms with Gasteiger partial charge in [0.15, 0.2) is 0 Å². The molecule has 5 heteroatoms. The summed E-state index contributed by atoms with van der Waals surface area (Å²) in [6.45, 7) is 2.35. The highest BCUT2D eigenvalue weighted by molar-refractivity contribution is 5.90. The summed E-state index contributed by atoms with van der Waals surface area (Å²) in [4.78, 5) is 11.6. The summed E-state index contributed by atoms with van der Waals surface area (Å²) in [5, 5.41) is 0. The maximum absolute atomic E-state index is 13.4. The third-order valence-electron chi connectivity index (χ3n) is 2.79. The molecule has 1 aromatic rings. The minimum atomic E-state index is -0.956. The lowest BCUT2D eigenvalue weighted by atomic mass is 10.1. The lowest BCUT2D eigenvalue weighted by Gasteiger charge is -2.07. The van der Waals surface area contributed by atoms with E-state index in [1.165, 1.54) is 0 Å². The van der Waals surface area contributed by atoms with Crippen LogP contribution >= 0.6 is 0 Å². The Kier molecular flexibility index (Phi) is 6.25. The van der Waals surface area contributed by atoms with Crippen LogP contribution in [0, 0.1) is 11.6 Å². The van der Waals surface area contributed by atoms with Crippen molar-refractivity contribution in [2.24, 2.45) is 0 Å². The van der Waals surface area contributed by atoms with Gasteiger partial charge in [-0.05, 0) is 12.5 Å². The zero-order valence-corrected chi connectivity index (χ0v) is 11.0. The molecular weight excluding hydrogens is 252 g/mol. The molecule has 0 unspecified atom stereocenters. The lowest BCUT2D eigenvalue weighted by Crippen LogP contribution is -2.10. The topological polar surface area (TPSA) is 52.3 Å². The second kappa shape index (κ2) is 7.71. The fourth-order valence-corrected chi connectivity index (χ4v) is 1.67. The standard InChI is InChI=1S/C14H19F2NO2/c1-2-3-4-5-6-7-19-14(18)10-8-13(17)12(16)9-11(10)15/h8-9H,2-7,17H2,1H3. The van der Waals surface area contributed by atoms with Crippen molar-refractivity contribution in [3.8, 4) is 0 Å². The van der Waals surface area contributed by atoms with Crippen molar-refractivity contribution in [1.29, 1.82) is 0 Å². The number of nitrogen functional groups attached to an aromatic ring is 1. The second-order valence-corrected chi connectivity index (χ2v) is 4.40. The molecule has 1 aromatic carbocycles. The van der Waals surface area contributed by atoms with E-state index in [1.807, 2.05) is 0 Å². The first-order valence-electron chi connectivity index (χ1n) is 6.48. The van der Waals surface area contributed by atoms with E-state index < -0.39 is 17.6 Å². The summed E-state index contributed by atoms with van der Waals surface area (Å²) in [5.41, 5.74) is 4.69. The number of benzene rings is 1. The largest absolute Gasteiger partial charge is 0.462 e. The SMILES string of the molecule is CCCCCCCOC(=O)c1cc(N)c(F)cc1F. The summed E-state index contributed by atoms with van der Waals surface area (Å²) in [5.74, 6) is -2.64. The van der Waals surface area contributed by atoms with E-state index in [0.29, 0.717) is 6.07 Å². The summed E-state index contributed by atoms with van der Waals surface area (Å²) in [6.07, 6.45) is 5.09. The number of carbonyl (C=O) groups is 1. The molecule has 0 saturated carbocycles. The van der Waals surface area contributed by atoms with Crippen LogP contribution in [-0.2, 0) is 4.74 Å². The van der Waals surface area contributed by atoms with E-state index in [4.69, 9.17) is 10.5 Å². The van der Waals surface area contributed by atoms with Crippen molar-refractivity contribution < 1.29 is 18.3 Å². The molecule has 1 rings (SSSR count). The second-order valence-electron chi connectivity index (χ2n) is 4.40. The van der Waals surface area contributed by atoms with Gasteiger partial charge in [0, 0.05) is 6.07 Å². The normalized spacial score (nSPS) is 10.5. The molecule has 0 amide bonds. The number of ether oxygens (including phenoxy) is 1. The van der Waals surface area contributed by atoms with Crippen LogP contribution in [0.25, 0.3) is 0 Å². The van der Waals surface area contributed by atoms with Gasteiger partial charge >= 0.3 is 5.97 Å². The van der Waals surface area contributed by atoms with Gasteiger partial charge in [0.25, 0.3) is 0 Å². The Morgan fingerprint density at radius 3 is 2.53 bits per heavy atom. The molecule has 0 saturated heterocycles. The fourth-order valence-electron chi connectivity index (χ4n) is 1.67. The minimum absolute atomic E-state index is 0.235. The van der Waals surface area contributed by atoms with Gasteiger partial charge in [-0.3, -0.25) is 0 Å². The monoisotopic (exact) mass is 271 g/mol. The van der Waals surface area contributed by atoms with Crippen LogP contribution < -0.4 is 5.73 Å². The van der Waals surface area contributed by atoms with E-state index in [-0.39, 0.29) is 17.9 Å². The first-order chi connectivity index (χ1) is 9.06. The van der Waals surface area contributed by atoms with E-state index in [9.17, 15) is 13.6 Å². The number of halogens is 2. The minimum Gasteiger partial charge on any atom is -0.462 e. The maximum Gasteiger partial charge on any atom is 0.341 e. The van der Waals surface area contributed by atoms with Crippen molar-refractivity contribution in [3.05, 3.63) is 29.3 Å². The Hall–Kier alpha value is -1.65. The van der Waals surface area contributed by atoms with Crippen LogP contribution in [0.1, 0.15) is 49.4 Å². The average molecular weight is 271 g/mol. The summed E-state index contributed by atoms with van der Waals surface area (Å²) < 4.78 is 31.2. The number of hydrogen-bond donors (Lipinski definition) is 1. The number of anilines is 1. The van der Waals surface area contributed by atoms with Gasteiger partial charge in [-0.1, -0.05) is 32.6 Å². The van der Waals surface area contributed by atoms with E-state index in [2.05, 4.69) is 6.92 Å². The van der Waals surface area contributed by atoms with E-state index >= 15 is 0 Å². The molecule has 0 aliphatic heterocycles. The predicted molar refractivity (Wildman–Crippen MR) is 69.8 cm³/mol. The molecule has 0 spiro atoms. The van der Waals surface area contributed by atoms with Crippen molar-refractivity contribution in [1.82, 2.24) is 0 Å². The molecule has 0 heterocycles. The fraction of sp³-hybridized carbons (Fsp3) is 0.500. The van der Waals surface area contributed by atoms with Crippen molar-refractivity contribution in [3.63, 3.8) is 0 Å². The number of carbonyl (C=O) groups excluding carboxylic acids is 1. The molecule has 0 atom stereocenters. The highest BCUT2D eigenvalue weighted by Crippen LogP contribution is 2.17. The number of unbranched alkanes of at least 4 members (excludes halogenated alkanes) is 4. The van der Waals surface area contributed by atoms with Gasteiger partial charge in [-0.15, -0.1) is 0 Å². The smallest absolute Gasteiger partial charge is 0.341 e. The Balaban J connectivity index is 2.43. The van der Waals surface area contributed by atoms with E-state index in [0.717, 1.165) is 38.2 Å². The molecule has 0 bridgehead atoms. The van der Waals surface area contributed by atoms with Gasteiger partial charge in [0.2, 0.25) is 0 Å². The van der Waals surface area contributed by atoms with Gasteiger partial charge in [-0.25, -0.2) is 13.6 Å². The maximum atomic E-state index is 13.4. The van der Waals surface area contributed by atoms with Gasteiger partial charge < -0.3 is 10.5 Å². The van der Waals surface area contributed by atoms with Crippen LogP contribution in [0.3, 0.4) is 0 Å². The van der Waals surface area contributed by atoms with Crippen molar-refractivity contribution in [2.45, 2.75) is 39.0 Å². The first-order valence-corrected chi connectivity index (χ1v) is 6.48. The number of hydrogen-bond acceptors (Lipinski definition) is 3. The zero-order valence-electron chi connectivity index (χ0n) is 11.0. The van der Waals surface area contributed by atoms with Crippen LogP contribution in [0.5, 0.6) is 0 Å². The predicted octanol–water partition coefficient (Wildman–Crippen LogP) is 3.67. The molecule has 0 fully saturated rings. The molecule has 2 N–H and O–H groups in total. The van der Waals surface area contributed by atoms with Gasteiger partial charge in [0.05, 0.1) is 17.9 Å². The Morgan fingerprint density at radius 2 is 1.84 bits per heavy atom. The molecule has 0 aliphatic carbocycles. The van der Waals surface area contributed by atoms with Crippen LogP contribution in [-0.4, -0.2) is 12.6 Å². The van der Waals surface area contributed by atoms with Crippen LogP contribution in [0.2, 0.25) is 0 Å². The zero-order chi connectivity index (χ0) is 14.3. The first kappa shape index (κ1) is 15.4. The third-order valence-corrected chi connectivity index (χ3v) is 2.79. The Bertz CT molecular complexity index is 436. The van der Waals surface area contributed by atoms with Gasteiger partial charge in [-0.2, -0.15) is 0 Å². The highest BCUT2D eigenvalue weighted by Gasteiger charge is 2.16. The average Bonchev–Trinajstić information content (AvgIpc) is 2.37. The molecule has 3 nitrogen and oxygen atoms in total. The van der Waals surface area contributed by atoms with Crippen molar-refractivity contribution >= 4 is 11.7 Å². The Morgan fingerprint density at radius 1 is 1.16 bits per heavy atom. The molecule has 0 radical (unpaired) electrons. The molecule has 0 aromatic heterocycles. The lowest BCUT2D eigenvalue weighted by molar-refractivity contribution is 0.0492. The van der Waals surface area contributed by atoms with Gasteiger partial charge in [0.1, 0.15) is 11.6 Å². The number of esters is 1. The number of nitrogens with two attached hydrogens (primary N) is 1. The summed E-state index contributed by atoms with van der Waals surface area (Å²) in [6, 6.07) is 1.55. The highest BCUT2D eigenvalue weighted by atomic mass is 19.1. The third kappa shape index (κ3) is 4.85. The summed E-state index contributed by atoms with van der Waals surface area (Å²) in [7, 11) is 0.